The Hall–Kier alpha value is -4.00. The lowest BCUT2D eigenvalue weighted by Crippen LogP contribution is -2.51. The second kappa shape index (κ2) is 9.25. The van der Waals surface area contributed by atoms with Gasteiger partial charge in [-0.25, -0.2) is 0 Å². The molecule has 42 heavy (non-hydrogen) atoms. The summed E-state index contributed by atoms with van der Waals surface area (Å²) >= 11 is 12.2. The highest BCUT2D eigenvalue weighted by atomic mass is 35.5. The number of carbonyl (C=O) groups excluding carboxylic acids is 4. The Kier molecular flexibility index (Phi) is 5.66. The van der Waals surface area contributed by atoms with Gasteiger partial charge in [0.15, 0.2) is 0 Å². The minimum absolute atomic E-state index is 0.233. The number of carbonyl (C=O) groups is 4. The van der Waals surface area contributed by atoms with Crippen molar-refractivity contribution in [1.29, 1.82) is 0 Å². The Morgan fingerprint density at radius 2 is 1.12 bits per heavy atom. The van der Waals surface area contributed by atoms with Crippen LogP contribution >= 0.6 is 23.2 Å². The van der Waals surface area contributed by atoms with Crippen LogP contribution in [0.15, 0.2) is 96.6 Å². The number of amides is 4. The van der Waals surface area contributed by atoms with Crippen molar-refractivity contribution in [3.05, 3.63) is 112 Å². The molecule has 0 aromatic heterocycles. The van der Waals surface area contributed by atoms with Crippen LogP contribution in [0.2, 0.25) is 10.0 Å². The molecule has 3 fully saturated rings. The van der Waals surface area contributed by atoms with E-state index in [0.717, 1.165) is 16.7 Å². The number of rotatable bonds is 3. The summed E-state index contributed by atoms with van der Waals surface area (Å²) in [5.74, 6) is -4.47. The van der Waals surface area contributed by atoms with E-state index < -0.39 is 29.6 Å². The number of nitrogens with zero attached hydrogens (tertiary/aromatic N) is 2. The van der Waals surface area contributed by atoms with Gasteiger partial charge in [-0.05, 0) is 72.0 Å². The third-order valence-corrected chi connectivity index (χ3v) is 10.3. The predicted molar refractivity (Wildman–Crippen MR) is 159 cm³/mol. The molecule has 3 aromatic carbocycles. The van der Waals surface area contributed by atoms with Crippen LogP contribution in [0.1, 0.15) is 12.0 Å². The van der Waals surface area contributed by atoms with Crippen LogP contribution in [-0.4, -0.2) is 23.6 Å². The lowest BCUT2D eigenvalue weighted by atomic mass is 9.49. The molecule has 4 aliphatic carbocycles. The number of anilines is 2. The van der Waals surface area contributed by atoms with Crippen molar-refractivity contribution >= 4 is 63.8 Å². The van der Waals surface area contributed by atoms with Gasteiger partial charge in [0.25, 0.3) is 0 Å². The molecule has 6 nitrogen and oxygen atoms in total. The van der Waals surface area contributed by atoms with E-state index in [4.69, 9.17) is 23.2 Å². The molecule has 2 saturated heterocycles. The quantitative estimate of drug-likeness (QED) is 0.267. The highest BCUT2D eigenvalue weighted by Gasteiger charge is 2.67. The van der Waals surface area contributed by atoms with Crippen molar-refractivity contribution in [2.45, 2.75) is 6.42 Å². The summed E-state index contributed by atoms with van der Waals surface area (Å²) in [7, 11) is 0. The topological polar surface area (TPSA) is 74.8 Å². The number of hydrogen-bond acceptors (Lipinski definition) is 4. The zero-order valence-electron chi connectivity index (χ0n) is 22.2. The third-order valence-electron chi connectivity index (χ3n) is 9.80. The molecule has 208 valence electrons. The molecule has 7 atom stereocenters. The standard InChI is InChI=1S/C34H24Cl2N2O4/c35-18-6-10-20(11-7-18)37-31(39)25-16-24(17-4-2-1-3-5-17)26-22-14-15-23(27(26)30(25)34(37)42)29-28(22)32(40)38(33(29)41)21-12-8-19(36)9-13-21/h1-15,22-23,25,27-30H,16H2/t22-,23-,25+,27+,28-,29+,30-/m1/s1. The van der Waals surface area contributed by atoms with Crippen molar-refractivity contribution in [2.24, 2.45) is 41.4 Å². The minimum Gasteiger partial charge on any atom is -0.274 e. The van der Waals surface area contributed by atoms with Crippen LogP contribution in [0.3, 0.4) is 0 Å². The third kappa shape index (κ3) is 3.45. The molecule has 2 aliphatic heterocycles. The van der Waals surface area contributed by atoms with Gasteiger partial charge in [-0.1, -0.05) is 71.3 Å². The minimum atomic E-state index is -0.624. The molecular weight excluding hydrogens is 571 g/mol. The van der Waals surface area contributed by atoms with E-state index in [1.807, 2.05) is 36.4 Å². The summed E-state index contributed by atoms with van der Waals surface area (Å²) in [5.41, 5.74) is 3.98. The first-order valence-corrected chi connectivity index (χ1v) is 14.8. The maximum Gasteiger partial charge on any atom is 0.238 e. The van der Waals surface area contributed by atoms with Gasteiger partial charge in [-0.2, -0.15) is 0 Å². The van der Waals surface area contributed by atoms with Gasteiger partial charge in [0, 0.05) is 21.9 Å². The van der Waals surface area contributed by atoms with E-state index in [1.54, 1.807) is 48.5 Å². The number of halogens is 2. The molecule has 6 aliphatic rings. The Morgan fingerprint density at radius 3 is 1.74 bits per heavy atom. The molecule has 8 heteroatoms. The molecule has 3 aromatic rings. The number of imide groups is 2. The van der Waals surface area contributed by atoms with Crippen molar-refractivity contribution in [1.82, 2.24) is 0 Å². The summed E-state index contributed by atoms with van der Waals surface area (Å²) in [4.78, 5) is 58.9. The van der Waals surface area contributed by atoms with Gasteiger partial charge in [0.1, 0.15) is 0 Å². The molecule has 2 heterocycles. The fourth-order valence-corrected chi connectivity index (χ4v) is 8.46. The molecule has 0 radical (unpaired) electrons. The first-order valence-electron chi connectivity index (χ1n) is 14.1. The van der Waals surface area contributed by atoms with Gasteiger partial charge in [0.05, 0.1) is 35.0 Å². The van der Waals surface area contributed by atoms with Crippen LogP contribution in [0.4, 0.5) is 11.4 Å². The molecule has 0 unspecified atom stereocenters. The first kappa shape index (κ1) is 25.7. The van der Waals surface area contributed by atoms with Crippen molar-refractivity contribution in [3.8, 4) is 0 Å². The first-order chi connectivity index (χ1) is 20.3. The second-order valence-corrected chi connectivity index (χ2v) is 12.6. The summed E-state index contributed by atoms with van der Waals surface area (Å²) in [6.45, 7) is 0. The summed E-state index contributed by atoms with van der Waals surface area (Å²) in [6.07, 6.45) is 4.46. The number of allylic oxidation sites excluding steroid dienone is 4. The maximum atomic E-state index is 14.2. The lowest BCUT2D eigenvalue weighted by molar-refractivity contribution is -0.129. The van der Waals surface area contributed by atoms with Gasteiger partial charge in [0.2, 0.25) is 23.6 Å². The van der Waals surface area contributed by atoms with Gasteiger partial charge < -0.3 is 0 Å². The Balaban J connectivity index is 1.28. The Labute approximate surface area is 252 Å². The van der Waals surface area contributed by atoms with E-state index in [2.05, 4.69) is 6.08 Å². The van der Waals surface area contributed by atoms with Crippen LogP contribution < -0.4 is 9.80 Å². The van der Waals surface area contributed by atoms with Crippen molar-refractivity contribution < 1.29 is 19.2 Å². The molecular formula is C34H24Cl2N2O4. The Bertz CT molecular complexity index is 1750. The van der Waals surface area contributed by atoms with E-state index in [1.165, 1.54) is 9.80 Å². The fraction of sp³-hybridized carbons (Fsp3) is 0.235. The smallest absolute Gasteiger partial charge is 0.238 e. The lowest BCUT2D eigenvalue weighted by Gasteiger charge is -2.51. The number of benzene rings is 3. The van der Waals surface area contributed by atoms with E-state index in [-0.39, 0.29) is 35.5 Å². The van der Waals surface area contributed by atoms with Crippen LogP contribution in [0.25, 0.3) is 5.57 Å². The maximum absolute atomic E-state index is 14.2. The largest absolute Gasteiger partial charge is 0.274 e. The fourth-order valence-electron chi connectivity index (χ4n) is 8.21. The highest BCUT2D eigenvalue weighted by molar-refractivity contribution is 6.31. The average Bonchev–Trinajstić information content (AvgIpc) is 3.43. The van der Waals surface area contributed by atoms with Crippen LogP contribution in [-0.2, 0) is 19.2 Å². The summed E-state index contributed by atoms with van der Waals surface area (Å²) in [5, 5.41) is 1.03. The van der Waals surface area contributed by atoms with Gasteiger partial charge in [-0.15, -0.1) is 0 Å². The molecule has 4 amide bonds. The molecule has 0 spiro atoms. The molecule has 9 rings (SSSR count). The van der Waals surface area contributed by atoms with Crippen molar-refractivity contribution in [2.75, 3.05) is 9.80 Å². The summed E-state index contributed by atoms with van der Waals surface area (Å²) < 4.78 is 0. The van der Waals surface area contributed by atoms with E-state index in [0.29, 0.717) is 27.8 Å². The highest BCUT2D eigenvalue weighted by Crippen LogP contribution is 2.63. The average molecular weight is 595 g/mol. The summed E-state index contributed by atoms with van der Waals surface area (Å²) in [6, 6.07) is 23.3. The molecule has 1 saturated carbocycles. The number of fused-ring (bicyclic) bond motifs is 1. The van der Waals surface area contributed by atoms with E-state index in [9.17, 15) is 19.2 Å². The zero-order valence-corrected chi connectivity index (χ0v) is 23.7. The molecule has 0 N–H and O–H groups in total. The predicted octanol–water partition coefficient (Wildman–Crippen LogP) is 6.19. The van der Waals surface area contributed by atoms with Crippen LogP contribution in [0, 0.1) is 41.4 Å². The normalized spacial score (nSPS) is 31.1. The van der Waals surface area contributed by atoms with Gasteiger partial charge >= 0.3 is 0 Å². The monoisotopic (exact) mass is 594 g/mol. The van der Waals surface area contributed by atoms with Crippen LogP contribution in [0.5, 0.6) is 0 Å². The van der Waals surface area contributed by atoms with E-state index >= 15 is 0 Å². The molecule has 2 bridgehead atoms. The van der Waals surface area contributed by atoms with Crippen molar-refractivity contribution in [3.63, 3.8) is 0 Å². The second-order valence-electron chi connectivity index (χ2n) is 11.7. The Morgan fingerprint density at radius 1 is 0.571 bits per heavy atom. The van der Waals surface area contributed by atoms with Gasteiger partial charge in [-0.3, -0.25) is 29.0 Å². The number of hydrogen-bond donors (Lipinski definition) is 0. The SMILES string of the molecule is O=C1[C@H]2[C@@H]3C=C[C@H](C4=C(c5ccccc5)C[C@@H]5C(=O)N(c6ccc(Cl)cc6)C(=O)[C@H]5[C@H]43)[C@H]2C(=O)N1c1ccc(Cl)cc1. The zero-order chi connectivity index (χ0) is 28.9.